The molecule has 3 heterocycles. The Labute approximate surface area is 157 Å². The van der Waals surface area contributed by atoms with Crippen molar-refractivity contribution >= 4 is 12.0 Å². The molecular formula is C19H25F2N3O3. The van der Waals surface area contributed by atoms with Crippen LogP contribution in [0.4, 0.5) is 13.6 Å². The highest BCUT2D eigenvalue weighted by molar-refractivity contribution is 5.92. The number of ether oxygens (including phenoxy) is 1. The van der Waals surface area contributed by atoms with Gasteiger partial charge < -0.3 is 14.5 Å². The van der Waals surface area contributed by atoms with Crippen molar-refractivity contribution in [2.75, 3.05) is 26.2 Å². The summed E-state index contributed by atoms with van der Waals surface area (Å²) in [6.07, 6.45) is 3.53. The molecule has 0 aromatic carbocycles. The Morgan fingerprint density at radius 1 is 1.30 bits per heavy atom. The van der Waals surface area contributed by atoms with Crippen LogP contribution in [0, 0.1) is 17.6 Å². The fourth-order valence-corrected chi connectivity index (χ4v) is 3.79. The van der Waals surface area contributed by atoms with Crippen LogP contribution in [0.3, 0.4) is 0 Å². The zero-order chi connectivity index (χ0) is 19.6. The first-order valence-electron chi connectivity index (χ1n) is 9.45. The predicted octanol–water partition coefficient (Wildman–Crippen LogP) is 3.22. The molecule has 2 aliphatic rings. The Bertz CT molecular complexity index is 716. The Morgan fingerprint density at radius 2 is 1.96 bits per heavy atom. The lowest BCUT2D eigenvalue weighted by Crippen LogP contribution is -2.49. The van der Waals surface area contributed by atoms with E-state index in [1.165, 1.54) is 4.90 Å². The fraction of sp³-hybridized carbons (Fsp3) is 0.632. The van der Waals surface area contributed by atoms with Gasteiger partial charge in [-0.25, -0.2) is 18.6 Å². The highest BCUT2D eigenvalue weighted by Gasteiger charge is 2.47. The molecule has 0 radical (unpaired) electrons. The maximum absolute atomic E-state index is 13.8. The van der Waals surface area contributed by atoms with Crippen LogP contribution in [0.25, 0.3) is 0 Å². The molecule has 1 spiro atoms. The number of nitrogens with zero attached hydrogens (tertiary/aromatic N) is 3. The lowest BCUT2D eigenvalue weighted by atomic mass is 9.90. The van der Waals surface area contributed by atoms with Crippen LogP contribution in [0.1, 0.15) is 50.0 Å². The number of hydrogen-bond donors (Lipinski definition) is 0. The van der Waals surface area contributed by atoms with E-state index in [9.17, 15) is 18.4 Å². The van der Waals surface area contributed by atoms with E-state index in [0.29, 0.717) is 51.0 Å². The van der Waals surface area contributed by atoms with Gasteiger partial charge in [0.05, 0.1) is 12.7 Å². The van der Waals surface area contributed by atoms with E-state index in [1.54, 1.807) is 4.90 Å². The van der Waals surface area contributed by atoms with E-state index < -0.39 is 23.1 Å². The largest absolute Gasteiger partial charge is 0.441 e. The number of likely N-dealkylation sites (tertiary alicyclic amines) is 1. The molecule has 1 aromatic rings. The average molecular weight is 381 g/mol. The summed E-state index contributed by atoms with van der Waals surface area (Å²) in [5, 5.41) is 0. The molecule has 0 N–H and O–H groups in total. The van der Waals surface area contributed by atoms with Gasteiger partial charge in [-0.05, 0) is 5.92 Å². The Hall–Kier alpha value is -2.25. The van der Waals surface area contributed by atoms with Crippen molar-refractivity contribution in [3.63, 3.8) is 0 Å². The van der Waals surface area contributed by atoms with E-state index in [1.807, 2.05) is 0 Å². The maximum Gasteiger partial charge on any atom is 0.410 e. The topological polar surface area (TPSA) is 62.7 Å². The summed E-state index contributed by atoms with van der Waals surface area (Å²) in [5.74, 6) is -1.91. The van der Waals surface area contributed by atoms with Crippen LogP contribution < -0.4 is 0 Å². The van der Waals surface area contributed by atoms with Crippen LogP contribution in [-0.2, 0) is 4.74 Å². The SMILES string of the molecule is CCC(CC)CN1CC2(CCN(C(=O)c3ncc(F)cc3F)CC2)OC1=O. The first kappa shape index (κ1) is 19.5. The van der Waals surface area contributed by atoms with Crippen molar-refractivity contribution < 1.29 is 23.1 Å². The molecule has 1 aromatic heterocycles. The van der Waals surface area contributed by atoms with E-state index in [2.05, 4.69) is 18.8 Å². The van der Waals surface area contributed by atoms with E-state index >= 15 is 0 Å². The Balaban J connectivity index is 1.61. The molecule has 3 rings (SSSR count). The molecule has 0 atom stereocenters. The summed E-state index contributed by atoms with van der Waals surface area (Å²) in [5.41, 5.74) is -0.972. The van der Waals surface area contributed by atoms with Crippen molar-refractivity contribution in [2.45, 2.75) is 45.1 Å². The lowest BCUT2D eigenvalue weighted by molar-refractivity contribution is 0.00282. The number of amides is 2. The molecule has 2 aliphatic heterocycles. The van der Waals surface area contributed by atoms with Crippen LogP contribution in [-0.4, -0.2) is 58.6 Å². The highest BCUT2D eigenvalue weighted by atomic mass is 19.1. The second-order valence-corrected chi connectivity index (χ2v) is 7.39. The van der Waals surface area contributed by atoms with Crippen molar-refractivity contribution in [3.8, 4) is 0 Å². The second-order valence-electron chi connectivity index (χ2n) is 7.39. The molecule has 2 amide bonds. The zero-order valence-electron chi connectivity index (χ0n) is 15.7. The number of pyridine rings is 1. The summed E-state index contributed by atoms with van der Waals surface area (Å²) in [6, 6.07) is 0.653. The van der Waals surface area contributed by atoms with Gasteiger partial charge in [-0.3, -0.25) is 4.79 Å². The molecule has 27 heavy (non-hydrogen) atoms. The number of halogens is 2. The van der Waals surface area contributed by atoms with E-state index in [4.69, 9.17) is 4.74 Å². The van der Waals surface area contributed by atoms with Crippen LogP contribution in [0.15, 0.2) is 12.3 Å². The lowest BCUT2D eigenvalue weighted by Gasteiger charge is -2.37. The second kappa shape index (κ2) is 7.78. The molecule has 6 nitrogen and oxygen atoms in total. The van der Waals surface area contributed by atoms with Gasteiger partial charge in [0.25, 0.3) is 5.91 Å². The first-order chi connectivity index (χ1) is 12.9. The predicted molar refractivity (Wildman–Crippen MR) is 94.1 cm³/mol. The average Bonchev–Trinajstić information content (AvgIpc) is 2.94. The third kappa shape index (κ3) is 4.04. The number of carbonyl (C=O) groups excluding carboxylic acids is 2. The third-order valence-corrected chi connectivity index (χ3v) is 5.65. The minimum absolute atomic E-state index is 0.298. The van der Waals surface area contributed by atoms with Gasteiger partial charge in [-0.15, -0.1) is 0 Å². The smallest absolute Gasteiger partial charge is 0.410 e. The van der Waals surface area contributed by atoms with Gasteiger partial charge in [0, 0.05) is 38.5 Å². The van der Waals surface area contributed by atoms with Crippen molar-refractivity contribution in [3.05, 3.63) is 29.6 Å². The van der Waals surface area contributed by atoms with Gasteiger partial charge in [-0.2, -0.15) is 0 Å². The van der Waals surface area contributed by atoms with Crippen molar-refractivity contribution in [1.82, 2.24) is 14.8 Å². The Kier molecular flexibility index (Phi) is 5.62. The van der Waals surface area contributed by atoms with Crippen molar-refractivity contribution in [2.24, 2.45) is 5.92 Å². The molecule has 8 heteroatoms. The zero-order valence-corrected chi connectivity index (χ0v) is 15.7. The Morgan fingerprint density at radius 3 is 2.56 bits per heavy atom. The molecular weight excluding hydrogens is 356 g/mol. The number of hydrogen-bond acceptors (Lipinski definition) is 4. The van der Waals surface area contributed by atoms with Gasteiger partial charge in [0.1, 0.15) is 11.4 Å². The van der Waals surface area contributed by atoms with Crippen LogP contribution >= 0.6 is 0 Å². The summed E-state index contributed by atoms with van der Waals surface area (Å²) < 4.78 is 32.5. The normalized spacial score (nSPS) is 19.1. The highest BCUT2D eigenvalue weighted by Crippen LogP contribution is 2.34. The summed E-state index contributed by atoms with van der Waals surface area (Å²) >= 11 is 0. The monoisotopic (exact) mass is 381 g/mol. The molecule has 0 bridgehead atoms. The molecule has 0 aliphatic carbocycles. The third-order valence-electron chi connectivity index (χ3n) is 5.65. The van der Waals surface area contributed by atoms with Gasteiger partial charge in [0.15, 0.2) is 11.5 Å². The summed E-state index contributed by atoms with van der Waals surface area (Å²) in [6.45, 7) is 6.09. The molecule has 0 unspecified atom stereocenters. The summed E-state index contributed by atoms with van der Waals surface area (Å²) in [4.78, 5) is 31.5. The van der Waals surface area contributed by atoms with E-state index in [-0.39, 0.29) is 11.8 Å². The maximum atomic E-state index is 13.8. The summed E-state index contributed by atoms with van der Waals surface area (Å²) in [7, 11) is 0. The first-order valence-corrected chi connectivity index (χ1v) is 9.45. The van der Waals surface area contributed by atoms with Crippen LogP contribution in [0.5, 0.6) is 0 Å². The van der Waals surface area contributed by atoms with Gasteiger partial charge in [-0.1, -0.05) is 26.7 Å². The molecule has 148 valence electrons. The van der Waals surface area contributed by atoms with Crippen molar-refractivity contribution in [1.29, 1.82) is 0 Å². The minimum Gasteiger partial charge on any atom is -0.441 e. The fourth-order valence-electron chi connectivity index (χ4n) is 3.79. The number of carbonyl (C=O) groups is 2. The molecule has 2 saturated heterocycles. The van der Waals surface area contributed by atoms with Gasteiger partial charge >= 0.3 is 6.09 Å². The molecule has 2 fully saturated rings. The standard InChI is InChI=1S/C19H25F2N3O3/c1-3-13(4-2)11-24-12-19(27-18(24)26)5-7-23(8-6-19)17(25)16-15(21)9-14(20)10-22-16/h9-10,13H,3-8,11-12H2,1-2H3. The minimum atomic E-state index is -0.969. The quantitative estimate of drug-likeness (QED) is 0.786. The molecule has 0 saturated carbocycles. The number of rotatable bonds is 5. The number of piperidine rings is 1. The number of aromatic nitrogens is 1. The van der Waals surface area contributed by atoms with Crippen LogP contribution in [0.2, 0.25) is 0 Å². The van der Waals surface area contributed by atoms with Gasteiger partial charge in [0.2, 0.25) is 0 Å². The van der Waals surface area contributed by atoms with E-state index in [0.717, 1.165) is 19.0 Å².